The monoisotopic (exact) mass is 332 g/mol. The molecule has 7 heteroatoms. The van der Waals surface area contributed by atoms with Crippen LogP contribution < -0.4 is 5.32 Å². The molecule has 130 valence electrons. The number of rotatable bonds is 5. The molecule has 2 aromatic rings. The molecule has 1 N–H and O–H groups in total. The summed E-state index contributed by atoms with van der Waals surface area (Å²) in [7, 11) is 0. The zero-order chi connectivity index (χ0) is 17.2. The van der Waals surface area contributed by atoms with Crippen LogP contribution in [-0.4, -0.2) is 59.3 Å². The van der Waals surface area contributed by atoms with Gasteiger partial charge in [-0.2, -0.15) is 0 Å². The van der Waals surface area contributed by atoms with Crippen molar-refractivity contribution in [1.29, 1.82) is 0 Å². The molecule has 3 heterocycles. The van der Waals surface area contributed by atoms with Crippen LogP contribution in [0.1, 0.15) is 36.3 Å². The summed E-state index contributed by atoms with van der Waals surface area (Å²) in [6, 6.07) is 1.78. The number of pyridine rings is 1. The van der Waals surface area contributed by atoms with E-state index in [-0.39, 0.29) is 11.4 Å². The largest absolute Gasteiger partial charge is 0.379 e. The Morgan fingerprint density at radius 1 is 1.42 bits per heavy atom. The molecule has 3 rings (SSSR count). The summed E-state index contributed by atoms with van der Waals surface area (Å²) in [6.07, 6.45) is 2.48. The predicted octanol–water partition coefficient (Wildman–Crippen LogP) is 1.76. The van der Waals surface area contributed by atoms with Crippen LogP contribution >= 0.6 is 0 Å². The van der Waals surface area contributed by atoms with Crippen molar-refractivity contribution >= 4 is 17.0 Å². The van der Waals surface area contributed by atoms with E-state index in [1.807, 2.05) is 6.92 Å². The molecule has 0 aliphatic carbocycles. The summed E-state index contributed by atoms with van der Waals surface area (Å²) < 4.78 is 10.5. The number of nitrogens with zero attached hydrogens (tertiary/aromatic N) is 3. The van der Waals surface area contributed by atoms with Gasteiger partial charge < -0.3 is 14.6 Å². The molecule has 7 nitrogen and oxygen atoms in total. The number of aryl methyl sites for hydroxylation is 1. The van der Waals surface area contributed by atoms with Gasteiger partial charge in [-0.3, -0.25) is 9.69 Å². The maximum absolute atomic E-state index is 12.5. The van der Waals surface area contributed by atoms with Crippen molar-refractivity contribution in [2.24, 2.45) is 0 Å². The van der Waals surface area contributed by atoms with E-state index in [0.29, 0.717) is 17.8 Å². The van der Waals surface area contributed by atoms with Gasteiger partial charge in [-0.05, 0) is 26.3 Å². The molecule has 24 heavy (non-hydrogen) atoms. The van der Waals surface area contributed by atoms with E-state index < -0.39 is 0 Å². The van der Waals surface area contributed by atoms with E-state index >= 15 is 0 Å². The number of aromatic nitrogens is 2. The van der Waals surface area contributed by atoms with Crippen LogP contribution in [0.25, 0.3) is 11.1 Å². The van der Waals surface area contributed by atoms with Crippen LogP contribution in [0, 0.1) is 6.92 Å². The molecule has 1 atom stereocenters. The molecule has 1 fully saturated rings. The highest BCUT2D eigenvalue weighted by molar-refractivity contribution is 5.97. The number of nitrogens with one attached hydrogen (secondary N) is 1. The molecule has 1 saturated heterocycles. The first-order valence-corrected chi connectivity index (χ1v) is 8.36. The fraction of sp³-hybridized carbons (Fsp3) is 0.588. The first kappa shape index (κ1) is 16.9. The van der Waals surface area contributed by atoms with Crippen molar-refractivity contribution in [3.8, 4) is 0 Å². The zero-order valence-corrected chi connectivity index (χ0v) is 14.5. The van der Waals surface area contributed by atoms with E-state index in [1.165, 1.54) is 6.20 Å². The highest BCUT2D eigenvalue weighted by atomic mass is 16.5. The van der Waals surface area contributed by atoms with Gasteiger partial charge >= 0.3 is 0 Å². The van der Waals surface area contributed by atoms with Gasteiger partial charge in [0, 0.05) is 31.4 Å². The Hall–Kier alpha value is -1.99. The van der Waals surface area contributed by atoms with Gasteiger partial charge in [-0.1, -0.05) is 12.1 Å². The molecule has 1 amide bonds. The molecule has 1 unspecified atom stereocenters. The van der Waals surface area contributed by atoms with E-state index in [1.54, 1.807) is 6.07 Å². The third-order valence-corrected chi connectivity index (χ3v) is 4.94. The quantitative estimate of drug-likeness (QED) is 0.899. The molecule has 0 radical (unpaired) electrons. The summed E-state index contributed by atoms with van der Waals surface area (Å²) in [5.74, 6) is -0.127. The van der Waals surface area contributed by atoms with Crippen molar-refractivity contribution in [3.05, 3.63) is 23.5 Å². The lowest BCUT2D eigenvalue weighted by molar-refractivity contribution is -0.0169. The van der Waals surface area contributed by atoms with Gasteiger partial charge in [-0.15, -0.1) is 0 Å². The number of hydrogen-bond acceptors (Lipinski definition) is 6. The number of amides is 1. The fourth-order valence-electron chi connectivity index (χ4n) is 3.01. The molecule has 2 aromatic heterocycles. The van der Waals surface area contributed by atoms with Gasteiger partial charge in [0.2, 0.25) is 0 Å². The number of fused-ring (bicyclic) bond motifs is 1. The Morgan fingerprint density at radius 2 is 2.17 bits per heavy atom. The number of carbonyl (C=O) groups is 1. The minimum atomic E-state index is -0.127. The summed E-state index contributed by atoms with van der Waals surface area (Å²) in [5, 5.41) is 7.69. The fourth-order valence-corrected chi connectivity index (χ4v) is 3.01. The normalized spacial score (nSPS) is 18.5. The summed E-state index contributed by atoms with van der Waals surface area (Å²) >= 11 is 0. The van der Waals surface area contributed by atoms with Crippen LogP contribution in [0.3, 0.4) is 0 Å². The van der Waals surface area contributed by atoms with E-state index in [2.05, 4.69) is 34.2 Å². The van der Waals surface area contributed by atoms with Crippen LogP contribution in [-0.2, 0) is 4.74 Å². The second kappa shape index (κ2) is 6.86. The minimum Gasteiger partial charge on any atom is -0.379 e. The lowest BCUT2D eigenvalue weighted by Gasteiger charge is -2.43. The Kier molecular flexibility index (Phi) is 4.82. The van der Waals surface area contributed by atoms with Gasteiger partial charge in [0.25, 0.3) is 11.6 Å². The Balaban J connectivity index is 1.69. The smallest absolute Gasteiger partial charge is 0.257 e. The molecule has 0 spiro atoms. The van der Waals surface area contributed by atoms with Crippen LogP contribution in [0.4, 0.5) is 0 Å². The maximum Gasteiger partial charge on any atom is 0.257 e. The summed E-state index contributed by atoms with van der Waals surface area (Å²) in [5.41, 5.74) is 1.63. The van der Waals surface area contributed by atoms with Gasteiger partial charge in [0.05, 0.1) is 29.9 Å². The second-order valence-electron chi connectivity index (χ2n) is 6.48. The highest BCUT2D eigenvalue weighted by Crippen LogP contribution is 2.21. The number of ether oxygens (including phenoxy) is 1. The molecular formula is C17H24N4O3. The second-order valence-corrected chi connectivity index (χ2v) is 6.48. The van der Waals surface area contributed by atoms with Gasteiger partial charge in [0.15, 0.2) is 0 Å². The Labute approximate surface area is 141 Å². The first-order chi connectivity index (χ1) is 11.5. The van der Waals surface area contributed by atoms with Gasteiger partial charge in [-0.25, -0.2) is 4.98 Å². The van der Waals surface area contributed by atoms with Gasteiger partial charge in [0.1, 0.15) is 0 Å². The molecule has 0 saturated carbocycles. The molecule has 0 aromatic carbocycles. The standard InChI is InChI=1S/C17H24N4O3/c1-4-17(3,21-5-7-23-8-6-21)11-19-15(22)13-9-14-12(2)20-24-16(14)18-10-13/h9-10H,4-8,11H2,1-3H3,(H,19,22). The Bertz CT molecular complexity index is 724. The molecule has 1 aliphatic heterocycles. The van der Waals surface area contributed by atoms with Crippen molar-refractivity contribution < 1.29 is 14.1 Å². The van der Waals surface area contributed by atoms with Crippen molar-refractivity contribution in [2.75, 3.05) is 32.8 Å². The van der Waals surface area contributed by atoms with Crippen molar-refractivity contribution in [1.82, 2.24) is 20.4 Å². The van der Waals surface area contributed by atoms with E-state index in [4.69, 9.17) is 9.26 Å². The van der Waals surface area contributed by atoms with Crippen LogP contribution in [0.15, 0.2) is 16.8 Å². The predicted molar refractivity (Wildman–Crippen MR) is 90.0 cm³/mol. The molecule has 1 aliphatic rings. The van der Waals surface area contributed by atoms with E-state index in [0.717, 1.165) is 43.8 Å². The number of carbonyl (C=O) groups excluding carboxylic acids is 1. The third-order valence-electron chi connectivity index (χ3n) is 4.94. The number of morpholine rings is 1. The SMILES string of the molecule is CCC(C)(CNC(=O)c1cnc2onc(C)c2c1)N1CCOCC1. The molecular weight excluding hydrogens is 308 g/mol. The van der Waals surface area contributed by atoms with Crippen LogP contribution in [0.5, 0.6) is 0 Å². The zero-order valence-electron chi connectivity index (χ0n) is 14.5. The lowest BCUT2D eigenvalue weighted by Crippen LogP contribution is -2.56. The summed E-state index contributed by atoms with van der Waals surface area (Å²) in [6.45, 7) is 10.0. The highest BCUT2D eigenvalue weighted by Gasteiger charge is 2.31. The van der Waals surface area contributed by atoms with Crippen molar-refractivity contribution in [2.45, 2.75) is 32.7 Å². The lowest BCUT2D eigenvalue weighted by atomic mass is 9.95. The molecule has 0 bridgehead atoms. The van der Waals surface area contributed by atoms with E-state index in [9.17, 15) is 4.79 Å². The third kappa shape index (κ3) is 3.27. The average molecular weight is 332 g/mol. The van der Waals surface area contributed by atoms with Crippen LogP contribution in [0.2, 0.25) is 0 Å². The minimum absolute atomic E-state index is 0.0793. The van der Waals surface area contributed by atoms with Crippen molar-refractivity contribution in [3.63, 3.8) is 0 Å². The number of hydrogen-bond donors (Lipinski definition) is 1. The Morgan fingerprint density at radius 3 is 2.88 bits per heavy atom. The topological polar surface area (TPSA) is 80.5 Å². The maximum atomic E-state index is 12.5. The first-order valence-electron chi connectivity index (χ1n) is 8.36. The summed E-state index contributed by atoms with van der Waals surface area (Å²) in [4.78, 5) is 19.1. The average Bonchev–Trinajstić information content (AvgIpc) is 3.00.